The standard InChI is InChI=1S/C22H16Cl2N4O3/c1-3-8-26-20(29)14(12-25)10-16-21(31-18-7-6-15(23)11-17(18)24)27-19-13(2)5-4-9-28(19)22(16)30/h3-7,9-11H,1,8H2,2H3,(H,26,29). The molecular formula is C22H16Cl2N4O3. The number of ether oxygens (including phenoxy) is 1. The van der Waals surface area contributed by atoms with Crippen LogP contribution in [0.2, 0.25) is 10.0 Å². The monoisotopic (exact) mass is 454 g/mol. The first-order valence-electron chi connectivity index (χ1n) is 9.01. The molecule has 0 bridgehead atoms. The van der Waals surface area contributed by atoms with Crippen molar-refractivity contribution in [2.24, 2.45) is 0 Å². The molecule has 0 saturated carbocycles. The van der Waals surface area contributed by atoms with Crippen molar-refractivity contribution in [2.45, 2.75) is 6.92 Å². The van der Waals surface area contributed by atoms with E-state index >= 15 is 0 Å². The van der Waals surface area contributed by atoms with E-state index in [4.69, 9.17) is 27.9 Å². The molecule has 0 aliphatic heterocycles. The number of aromatic nitrogens is 2. The summed E-state index contributed by atoms with van der Waals surface area (Å²) in [6, 6.07) is 9.86. The number of benzene rings is 1. The average Bonchev–Trinajstić information content (AvgIpc) is 2.74. The SMILES string of the molecule is C=CCNC(=O)C(C#N)=Cc1c(Oc2ccc(Cl)cc2Cl)nc2c(C)cccn2c1=O. The molecule has 3 rings (SSSR count). The summed E-state index contributed by atoms with van der Waals surface area (Å²) in [5, 5.41) is 12.6. The third kappa shape index (κ3) is 4.77. The average molecular weight is 455 g/mol. The number of hydrogen-bond acceptors (Lipinski definition) is 5. The molecule has 0 aliphatic carbocycles. The van der Waals surface area contributed by atoms with E-state index in [1.54, 1.807) is 31.2 Å². The Kier molecular flexibility index (Phi) is 6.75. The van der Waals surface area contributed by atoms with Crippen LogP contribution in [0.15, 0.2) is 59.6 Å². The van der Waals surface area contributed by atoms with Crippen LogP contribution < -0.4 is 15.6 Å². The summed E-state index contributed by atoms with van der Waals surface area (Å²) in [5.41, 5.74) is 0.198. The van der Waals surface area contributed by atoms with Crippen molar-refractivity contribution in [2.75, 3.05) is 6.54 Å². The molecule has 0 aliphatic rings. The fraction of sp³-hybridized carbons (Fsp3) is 0.0909. The van der Waals surface area contributed by atoms with E-state index in [1.165, 1.54) is 28.8 Å². The molecule has 0 radical (unpaired) electrons. The highest BCUT2D eigenvalue weighted by molar-refractivity contribution is 6.35. The van der Waals surface area contributed by atoms with Gasteiger partial charge in [-0.2, -0.15) is 10.2 Å². The van der Waals surface area contributed by atoms with Crippen molar-refractivity contribution in [1.29, 1.82) is 5.26 Å². The number of nitrogens with one attached hydrogen (secondary N) is 1. The Balaban J connectivity index is 2.24. The Morgan fingerprint density at radius 3 is 2.84 bits per heavy atom. The summed E-state index contributed by atoms with van der Waals surface area (Å²) < 4.78 is 7.14. The van der Waals surface area contributed by atoms with E-state index in [0.29, 0.717) is 10.7 Å². The molecule has 0 fully saturated rings. The second kappa shape index (κ2) is 9.47. The second-order valence-corrected chi connectivity index (χ2v) is 7.21. The number of aryl methyl sites for hydroxylation is 1. The third-order valence-electron chi connectivity index (χ3n) is 4.21. The highest BCUT2D eigenvalue weighted by Gasteiger charge is 2.18. The van der Waals surface area contributed by atoms with E-state index in [1.807, 2.05) is 0 Å². The number of carbonyl (C=O) groups is 1. The van der Waals surface area contributed by atoms with Crippen molar-refractivity contribution in [3.05, 3.63) is 86.3 Å². The molecule has 0 unspecified atom stereocenters. The van der Waals surface area contributed by atoms with E-state index < -0.39 is 11.5 Å². The minimum atomic E-state index is -0.661. The normalized spacial score (nSPS) is 11.1. The number of nitrogens with zero attached hydrogens (tertiary/aromatic N) is 3. The topological polar surface area (TPSA) is 96.5 Å². The van der Waals surface area contributed by atoms with Crippen molar-refractivity contribution < 1.29 is 9.53 Å². The van der Waals surface area contributed by atoms with Gasteiger partial charge in [0.25, 0.3) is 11.5 Å². The number of pyridine rings is 1. The van der Waals surface area contributed by atoms with Gasteiger partial charge in [0, 0.05) is 17.8 Å². The number of hydrogen-bond donors (Lipinski definition) is 1. The number of nitriles is 1. The van der Waals surface area contributed by atoms with Crippen LogP contribution in [-0.4, -0.2) is 21.8 Å². The summed E-state index contributed by atoms with van der Waals surface area (Å²) in [5.74, 6) is -0.556. The maximum atomic E-state index is 13.2. The van der Waals surface area contributed by atoms with Crippen LogP contribution in [0.3, 0.4) is 0 Å². The van der Waals surface area contributed by atoms with Gasteiger partial charge in [-0.1, -0.05) is 35.3 Å². The summed E-state index contributed by atoms with van der Waals surface area (Å²) in [6.45, 7) is 5.47. The zero-order chi connectivity index (χ0) is 22.5. The summed E-state index contributed by atoms with van der Waals surface area (Å²) in [4.78, 5) is 29.9. The molecule has 1 amide bonds. The van der Waals surface area contributed by atoms with Gasteiger partial charge >= 0.3 is 0 Å². The lowest BCUT2D eigenvalue weighted by atomic mass is 10.1. The third-order valence-corrected chi connectivity index (χ3v) is 4.74. The predicted molar refractivity (Wildman–Crippen MR) is 120 cm³/mol. The lowest BCUT2D eigenvalue weighted by Gasteiger charge is -2.12. The zero-order valence-corrected chi connectivity index (χ0v) is 17.9. The molecule has 3 aromatic rings. The van der Waals surface area contributed by atoms with Gasteiger partial charge in [0.2, 0.25) is 5.88 Å². The van der Waals surface area contributed by atoms with Crippen molar-refractivity contribution in [3.63, 3.8) is 0 Å². The highest BCUT2D eigenvalue weighted by atomic mass is 35.5. The van der Waals surface area contributed by atoms with Crippen LogP contribution in [0.5, 0.6) is 11.6 Å². The van der Waals surface area contributed by atoms with Crippen LogP contribution >= 0.6 is 23.2 Å². The minimum Gasteiger partial charge on any atom is -0.437 e. The number of amides is 1. The summed E-state index contributed by atoms with van der Waals surface area (Å²) >= 11 is 12.1. The molecule has 1 N–H and O–H groups in total. The van der Waals surface area contributed by atoms with Gasteiger partial charge in [0.15, 0.2) is 0 Å². The first-order valence-corrected chi connectivity index (χ1v) is 9.77. The predicted octanol–water partition coefficient (Wildman–Crippen LogP) is 4.31. The molecule has 1 aromatic carbocycles. The molecule has 2 heterocycles. The van der Waals surface area contributed by atoms with Gasteiger partial charge in [0.05, 0.1) is 5.02 Å². The Morgan fingerprint density at radius 1 is 1.39 bits per heavy atom. The quantitative estimate of drug-likeness (QED) is 0.340. The molecule has 156 valence electrons. The number of rotatable bonds is 6. The number of carbonyl (C=O) groups excluding carboxylic acids is 1. The number of halogens is 2. The van der Waals surface area contributed by atoms with Gasteiger partial charge in [-0.05, 0) is 42.8 Å². The van der Waals surface area contributed by atoms with Crippen molar-refractivity contribution in [1.82, 2.24) is 14.7 Å². The lowest BCUT2D eigenvalue weighted by Crippen LogP contribution is -2.25. The van der Waals surface area contributed by atoms with Crippen LogP contribution in [0, 0.1) is 18.3 Å². The Bertz CT molecular complexity index is 1320. The van der Waals surface area contributed by atoms with Gasteiger partial charge in [0.1, 0.15) is 28.6 Å². The van der Waals surface area contributed by atoms with E-state index in [-0.39, 0.29) is 34.3 Å². The van der Waals surface area contributed by atoms with Crippen molar-refractivity contribution >= 4 is 40.8 Å². The Hall–Kier alpha value is -3.60. The first kappa shape index (κ1) is 22.1. The first-order chi connectivity index (χ1) is 14.8. The maximum absolute atomic E-state index is 13.2. The van der Waals surface area contributed by atoms with Crippen LogP contribution in [-0.2, 0) is 4.79 Å². The van der Waals surface area contributed by atoms with Gasteiger partial charge < -0.3 is 10.1 Å². The smallest absolute Gasteiger partial charge is 0.269 e. The van der Waals surface area contributed by atoms with Gasteiger partial charge in [-0.25, -0.2) is 0 Å². The molecular weight excluding hydrogens is 439 g/mol. The second-order valence-electron chi connectivity index (χ2n) is 6.37. The van der Waals surface area contributed by atoms with Crippen LogP contribution in [0.1, 0.15) is 11.1 Å². The molecule has 0 atom stereocenters. The molecule has 0 saturated heterocycles. The van der Waals surface area contributed by atoms with E-state index in [2.05, 4.69) is 16.9 Å². The number of fused-ring (bicyclic) bond motifs is 1. The van der Waals surface area contributed by atoms with Crippen molar-refractivity contribution in [3.8, 4) is 17.7 Å². The molecule has 0 spiro atoms. The summed E-state index contributed by atoms with van der Waals surface area (Å²) in [6.07, 6.45) is 4.15. The molecule has 31 heavy (non-hydrogen) atoms. The van der Waals surface area contributed by atoms with Gasteiger partial charge in [-0.15, -0.1) is 6.58 Å². The summed E-state index contributed by atoms with van der Waals surface area (Å²) in [7, 11) is 0. The molecule has 7 nitrogen and oxygen atoms in total. The highest BCUT2D eigenvalue weighted by Crippen LogP contribution is 2.32. The molecule has 2 aromatic heterocycles. The maximum Gasteiger partial charge on any atom is 0.269 e. The van der Waals surface area contributed by atoms with E-state index in [0.717, 1.165) is 11.6 Å². The van der Waals surface area contributed by atoms with Crippen LogP contribution in [0.4, 0.5) is 0 Å². The minimum absolute atomic E-state index is 0.0839. The Labute approximate surface area is 187 Å². The van der Waals surface area contributed by atoms with Gasteiger partial charge in [-0.3, -0.25) is 14.0 Å². The van der Waals surface area contributed by atoms with Crippen LogP contribution in [0.25, 0.3) is 11.7 Å². The fourth-order valence-electron chi connectivity index (χ4n) is 2.71. The molecule has 9 heteroatoms. The van der Waals surface area contributed by atoms with E-state index in [9.17, 15) is 14.9 Å². The Morgan fingerprint density at radius 2 is 2.16 bits per heavy atom. The zero-order valence-electron chi connectivity index (χ0n) is 16.4. The largest absolute Gasteiger partial charge is 0.437 e. The lowest BCUT2D eigenvalue weighted by molar-refractivity contribution is -0.116. The fourth-order valence-corrected chi connectivity index (χ4v) is 3.16.